The lowest BCUT2D eigenvalue weighted by Crippen LogP contribution is -2.34. The smallest absolute Gasteiger partial charge is 0.277 e. The molecule has 0 atom stereocenters. The van der Waals surface area contributed by atoms with Gasteiger partial charge in [0, 0.05) is 37.4 Å². The fourth-order valence-electron chi connectivity index (χ4n) is 4.56. The van der Waals surface area contributed by atoms with Crippen LogP contribution >= 0.6 is 0 Å². The van der Waals surface area contributed by atoms with Gasteiger partial charge < -0.3 is 14.7 Å². The first-order chi connectivity index (χ1) is 13.8. The van der Waals surface area contributed by atoms with E-state index in [1.54, 1.807) is 0 Å². The van der Waals surface area contributed by atoms with Gasteiger partial charge in [0.15, 0.2) is 0 Å². The summed E-state index contributed by atoms with van der Waals surface area (Å²) in [6, 6.07) is 9.90. The fraction of sp³-hybridized carbons (Fsp3) is 0.500. The van der Waals surface area contributed by atoms with Gasteiger partial charge in [-0.3, -0.25) is 4.79 Å². The molecule has 1 aromatic carbocycles. The monoisotopic (exact) mass is 377 g/mol. The van der Waals surface area contributed by atoms with Crippen LogP contribution in [-0.4, -0.2) is 42.1 Å². The number of fused-ring (bicyclic) bond motifs is 1. The molecule has 3 aliphatic heterocycles. The van der Waals surface area contributed by atoms with Crippen LogP contribution in [0.5, 0.6) is 0 Å². The summed E-state index contributed by atoms with van der Waals surface area (Å²) in [6.45, 7) is 4.55. The van der Waals surface area contributed by atoms with Gasteiger partial charge in [-0.15, -0.1) is 0 Å². The highest BCUT2D eigenvalue weighted by Gasteiger charge is 2.36. The molecule has 146 valence electrons. The van der Waals surface area contributed by atoms with Gasteiger partial charge in [0.2, 0.25) is 5.95 Å². The van der Waals surface area contributed by atoms with Crippen molar-refractivity contribution < 1.29 is 4.79 Å². The van der Waals surface area contributed by atoms with Crippen molar-refractivity contribution >= 4 is 23.4 Å². The van der Waals surface area contributed by atoms with E-state index in [2.05, 4.69) is 9.80 Å². The number of rotatable bonds is 3. The Kier molecular flexibility index (Phi) is 4.63. The molecule has 2 fully saturated rings. The van der Waals surface area contributed by atoms with E-state index < -0.39 is 0 Å². The molecule has 3 aliphatic rings. The van der Waals surface area contributed by atoms with Crippen molar-refractivity contribution in [3.05, 3.63) is 41.6 Å². The number of hydrogen-bond acceptors (Lipinski definition) is 5. The summed E-state index contributed by atoms with van der Waals surface area (Å²) in [5, 5.41) is 0. The molecule has 0 spiro atoms. The second-order valence-corrected chi connectivity index (χ2v) is 8.00. The van der Waals surface area contributed by atoms with Gasteiger partial charge in [0.1, 0.15) is 11.5 Å². The zero-order chi connectivity index (χ0) is 18.9. The number of para-hydroxylation sites is 1. The molecule has 1 aromatic heterocycles. The molecule has 0 bridgehead atoms. The van der Waals surface area contributed by atoms with E-state index in [9.17, 15) is 4.79 Å². The fourth-order valence-corrected chi connectivity index (χ4v) is 4.56. The highest BCUT2D eigenvalue weighted by molar-refractivity contribution is 6.09. The largest absolute Gasteiger partial charge is 0.356 e. The first-order valence-corrected chi connectivity index (χ1v) is 10.6. The van der Waals surface area contributed by atoms with Crippen LogP contribution < -0.4 is 14.7 Å². The van der Waals surface area contributed by atoms with Gasteiger partial charge in [-0.05, 0) is 50.7 Å². The first kappa shape index (κ1) is 17.5. The molecule has 1 amide bonds. The highest BCUT2D eigenvalue weighted by atomic mass is 16.2. The van der Waals surface area contributed by atoms with Crippen LogP contribution in [0.1, 0.15) is 54.6 Å². The zero-order valence-electron chi connectivity index (χ0n) is 16.3. The molecule has 6 nitrogen and oxygen atoms in total. The highest BCUT2D eigenvalue weighted by Crippen LogP contribution is 2.35. The minimum Gasteiger partial charge on any atom is -0.356 e. The maximum atomic E-state index is 13.3. The number of benzene rings is 1. The average molecular weight is 377 g/mol. The van der Waals surface area contributed by atoms with Gasteiger partial charge in [0.25, 0.3) is 5.91 Å². The molecule has 0 saturated carbocycles. The molecule has 28 heavy (non-hydrogen) atoms. The Balaban J connectivity index is 1.56. The van der Waals surface area contributed by atoms with Crippen molar-refractivity contribution in [2.75, 3.05) is 40.9 Å². The number of hydrogen-bond donors (Lipinski definition) is 0. The predicted octanol–water partition coefficient (Wildman–Crippen LogP) is 3.62. The van der Waals surface area contributed by atoms with Gasteiger partial charge in [0.05, 0.1) is 6.54 Å². The van der Waals surface area contributed by atoms with E-state index in [-0.39, 0.29) is 5.91 Å². The van der Waals surface area contributed by atoms with Crippen molar-refractivity contribution in [3.63, 3.8) is 0 Å². The van der Waals surface area contributed by atoms with Crippen molar-refractivity contribution in [1.82, 2.24) is 9.97 Å². The SMILES string of the molecule is O=C1c2nc(N3CCCCC3)nc(N3CCCCC3)c2CN1c1ccccc1. The molecule has 0 unspecified atom stereocenters. The minimum absolute atomic E-state index is 0.000110. The quantitative estimate of drug-likeness (QED) is 0.818. The normalized spacial score (nSPS) is 19.9. The molecular weight excluding hydrogens is 350 g/mol. The second kappa shape index (κ2) is 7.41. The molecule has 0 aliphatic carbocycles. The topological polar surface area (TPSA) is 52.6 Å². The summed E-state index contributed by atoms with van der Waals surface area (Å²) >= 11 is 0. The Bertz CT molecular complexity index is 857. The van der Waals surface area contributed by atoms with E-state index in [1.807, 2.05) is 35.2 Å². The summed E-state index contributed by atoms with van der Waals surface area (Å²) in [7, 11) is 0. The van der Waals surface area contributed by atoms with Crippen LogP contribution in [-0.2, 0) is 6.54 Å². The standard InChI is InChI=1S/C22H27N5O/c28-21-19-18(16-27(21)17-10-4-1-5-11-17)20(25-12-6-2-7-13-25)24-22(23-19)26-14-8-3-9-15-26/h1,4-5,10-11H,2-3,6-9,12-16H2. The third kappa shape index (κ3) is 3.11. The maximum absolute atomic E-state index is 13.3. The Morgan fingerprint density at radius 3 is 2.07 bits per heavy atom. The van der Waals surface area contributed by atoms with Gasteiger partial charge in [-0.2, -0.15) is 4.98 Å². The van der Waals surface area contributed by atoms with Crippen LogP contribution in [0.15, 0.2) is 30.3 Å². The third-order valence-electron chi connectivity index (χ3n) is 6.10. The van der Waals surface area contributed by atoms with E-state index in [1.165, 1.54) is 38.5 Å². The number of anilines is 3. The van der Waals surface area contributed by atoms with Crippen molar-refractivity contribution in [2.45, 2.75) is 45.1 Å². The summed E-state index contributed by atoms with van der Waals surface area (Å²) in [5.74, 6) is 1.72. The molecule has 2 aromatic rings. The van der Waals surface area contributed by atoms with E-state index in [0.717, 1.165) is 49.2 Å². The van der Waals surface area contributed by atoms with Gasteiger partial charge >= 0.3 is 0 Å². The van der Waals surface area contributed by atoms with Crippen LogP contribution in [0.4, 0.5) is 17.5 Å². The Morgan fingerprint density at radius 1 is 0.750 bits per heavy atom. The molecule has 4 heterocycles. The number of carbonyl (C=O) groups excluding carboxylic acids is 1. The summed E-state index contributed by atoms with van der Waals surface area (Å²) in [6.07, 6.45) is 7.26. The molecular formula is C22H27N5O. The van der Waals surface area contributed by atoms with Crippen molar-refractivity contribution in [3.8, 4) is 0 Å². The van der Waals surface area contributed by atoms with Gasteiger partial charge in [-0.25, -0.2) is 4.98 Å². The lowest BCUT2D eigenvalue weighted by molar-refractivity contribution is 0.0992. The average Bonchev–Trinajstić information content (AvgIpc) is 3.11. The van der Waals surface area contributed by atoms with Gasteiger partial charge in [-0.1, -0.05) is 18.2 Å². The van der Waals surface area contributed by atoms with Crippen molar-refractivity contribution in [2.24, 2.45) is 0 Å². The zero-order valence-corrected chi connectivity index (χ0v) is 16.3. The molecule has 0 radical (unpaired) electrons. The lowest BCUT2D eigenvalue weighted by atomic mass is 10.1. The van der Waals surface area contributed by atoms with Crippen LogP contribution in [0.3, 0.4) is 0 Å². The summed E-state index contributed by atoms with van der Waals surface area (Å²) in [5.41, 5.74) is 2.52. The maximum Gasteiger partial charge on any atom is 0.277 e. The first-order valence-electron chi connectivity index (χ1n) is 10.6. The molecule has 5 rings (SSSR count). The number of carbonyl (C=O) groups is 1. The molecule has 6 heteroatoms. The van der Waals surface area contributed by atoms with E-state index >= 15 is 0 Å². The number of piperidine rings is 2. The van der Waals surface area contributed by atoms with E-state index in [4.69, 9.17) is 9.97 Å². The number of aromatic nitrogens is 2. The second-order valence-electron chi connectivity index (χ2n) is 8.00. The third-order valence-corrected chi connectivity index (χ3v) is 6.10. The number of amides is 1. The van der Waals surface area contributed by atoms with Crippen LogP contribution in [0, 0.1) is 0 Å². The van der Waals surface area contributed by atoms with Crippen LogP contribution in [0.25, 0.3) is 0 Å². The van der Waals surface area contributed by atoms with Crippen LogP contribution in [0.2, 0.25) is 0 Å². The Hall–Kier alpha value is -2.63. The number of nitrogens with zero attached hydrogens (tertiary/aromatic N) is 5. The Morgan fingerprint density at radius 2 is 1.39 bits per heavy atom. The lowest BCUT2D eigenvalue weighted by Gasteiger charge is -2.31. The molecule has 0 N–H and O–H groups in total. The summed E-state index contributed by atoms with van der Waals surface area (Å²) < 4.78 is 0. The predicted molar refractivity (Wildman–Crippen MR) is 111 cm³/mol. The van der Waals surface area contributed by atoms with Crippen molar-refractivity contribution in [1.29, 1.82) is 0 Å². The molecule has 2 saturated heterocycles. The Labute approximate surface area is 166 Å². The van der Waals surface area contributed by atoms with E-state index in [0.29, 0.717) is 12.2 Å². The minimum atomic E-state index is 0.000110. The summed E-state index contributed by atoms with van der Waals surface area (Å²) in [4.78, 5) is 29.5.